The molecule has 1 aliphatic heterocycles. The maximum Gasteiger partial charge on any atom is 0.494 e. The lowest BCUT2D eigenvalue weighted by Gasteiger charge is -2.32. The van der Waals surface area contributed by atoms with E-state index in [4.69, 9.17) is 30.4 Å². The summed E-state index contributed by atoms with van der Waals surface area (Å²) >= 11 is 5.93. The van der Waals surface area contributed by atoms with Gasteiger partial charge in [-0.1, -0.05) is 23.7 Å². The fourth-order valence-electron chi connectivity index (χ4n) is 2.63. The van der Waals surface area contributed by atoms with E-state index in [0.717, 1.165) is 5.46 Å². The second-order valence-electron chi connectivity index (χ2n) is 7.43. The average Bonchev–Trinajstić information content (AvgIpc) is 2.81. The summed E-state index contributed by atoms with van der Waals surface area (Å²) in [6.45, 7) is 8.68. The first-order valence-corrected chi connectivity index (χ1v) is 9.22. The van der Waals surface area contributed by atoms with Gasteiger partial charge in [0, 0.05) is 0 Å². The minimum absolute atomic E-state index is 0.234. The number of halogens is 2. The van der Waals surface area contributed by atoms with Crippen molar-refractivity contribution >= 4 is 24.2 Å². The Hall–Kier alpha value is -1.76. The van der Waals surface area contributed by atoms with Gasteiger partial charge in [-0.2, -0.15) is 0 Å². The normalized spacial score (nSPS) is 17.8. The van der Waals surface area contributed by atoms with Crippen molar-refractivity contribution < 1.29 is 23.2 Å². The van der Waals surface area contributed by atoms with E-state index >= 15 is 0 Å². The molecule has 1 fully saturated rings. The van der Waals surface area contributed by atoms with Crippen LogP contribution >= 0.6 is 11.6 Å². The number of rotatable bonds is 6. The Morgan fingerprint density at radius 2 is 1.63 bits per heavy atom. The Morgan fingerprint density at radius 3 is 2.30 bits per heavy atom. The molecule has 2 aromatic rings. The zero-order chi connectivity index (χ0) is 19.7. The van der Waals surface area contributed by atoms with Crippen molar-refractivity contribution in [1.29, 1.82) is 0 Å². The van der Waals surface area contributed by atoms with Crippen LogP contribution in [0.25, 0.3) is 0 Å². The molecule has 2 aromatic carbocycles. The largest absolute Gasteiger partial charge is 0.494 e. The minimum Gasteiger partial charge on any atom is -0.490 e. The molecule has 144 valence electrons. The highest BCUT2D eigenvalue weighted by Gasteiger charge is 2.51. The van der Waals surface area contributed by atoms with Gasteiger partial charge in [-0.15, -0.1) is 0 Å². The number of benzene rings is 2. The summed E-state index contributed by atoms with van der Waals surface area (Å²) in [5, 5.41) is 0.234. The lowest BCUT2D eigenvalue weighted by molar-refractivity contribution is 0.00578. The Bertz CT molecular complexity index is 796. The van der Waals surface area contributed by atoms with E-state index < -0.39 is 24.1 Å². The highest BCUT2D eigenvalue weighted by Crippen LogP contribution is 2.36. The van der Waals surface area contributed by atoms with Crippen molar-refractivity contribution in [3.8, 4) is 11.5 Å². The molecule has 7 heteroatoms. The first kappa shape index (κ1) is 20.0. The topological polar surface area (TPSA) is 36.9 Å². The molecule has 0 spiro atoms. The fourth-order valence-corrected chi connectivity index (χ4v) is 2.86. The van der Waals surface area contributed by atoms with Crippen LogP contribution in [0.15, 0.2) is 42.5 Å². The number of hydrogen-bond acceptors (Lipinski definition) is 4. The van der Waals surface area contributed by atoms with Gasteiger partial charge in [-0.25, -0.2) is 4.39 Å². The maximum atomic E-state index is 13.0. The summed E-state index contributed by atoms with van der Waals surface area (Å²) in [5.41, 5.74) is 0.113. The molecule has 0 bridgehead atoms. The molecule has 27 heavy (non-hydrogen) atoms. The van der Waals surface area contributed by atoms with Crippen molar-refractivity contribution in [1.82, 2.24) is 0 Å². The summed E-state index contributed by atoms with van der Waals surface area (Å²) in [4.78, 5) is 0. The van der Waals surface area contributed by atoms with Crippen LogP contribution in [0.2, 0.25) is 5.02 Å². The monoisotopic (exact) mass is 392 g/mol. The highest BCUT2D eigenvalue weighted by molar-refractivity contribution is 6.62. The molecule has 0 unspecified atom stereocenters. The third-order valence-corrected chi connectivity index (χ3v) is 5.18. The van der Waals surface area contributed by atoms with Crippen molar-refractivity contribution in [3.63, 3.8) is 0 Å². The minimum atomic E-state index is -0.437. The number of ether oxygens (including phenoxy) is 2. The molecule has 0 saturated carbocycles. The zero-order valence-electron chi connectivity index (χ0n) is 15.9. The Morgan fingerprint density at radius 1 is 0.963 bits per heavy atom. The van der Waals surface area contributed by atoms with Crippen LogP contribution in [-0.2, 0) is 9.31 Å². The second-order valence-corrected chi connectivity index (χ2v) is 7.84. The highest BCUT2D eigenvalue weighted by atomic mass is 35.5. The third kappa shape index (κ3) is 4.57. The van der Waals surface area contributed by atoms with Gasteiger partial charge >= 0.3 is 7.12 Å². The van der Waals surface area contributed by atoms with Gasteiger partial charge in [-0.05, 0) is 63.5 Å². The van der Waals surface area contributed by atoms with E-state index in [1.54, 1.807) is 0 Å². The van der Waals surface area contributed by atoms with Crippen LogP contribution in [0.5, 0.6) is 11.5 Å². The first-order valence-electron chi connectivity index (χ1n) is 8.84. The summed E-state index contributed by atoms with van der Waals surface area (Å²) in [7, 11) is -0.437. The molecule has 0 aromatic heterocycles. The maximum absolute atomic E-state index is 13.0. The first-order chi connectivity index (χ1) is 12.7. The lowest BCUT2D eigenvalue weighted by atomic mass is 9.79. The molecular weight excluding hydrogens is 369 g/mol. The van der Waals surface area contributed by atoms with Crippen LogP contribution in [0.3, 0.4) is 0 Å². The summed E-state index contributed by atoms with van der Waals surface area (Å²) in [5.74, 6) is 0.715. The third-order valence-electron chi connectivity index (χ3n) is 4.89. The molecule has 0 N–H and O–H groups in total. The Balaban J connectivity index is 1.55. The molecule has 0 radical (unpaired) electrons. The van der Waals surface area contributed by atoms with Crippen LogP contribution in [0.1, 0.15) is 27.7 Å². The molecule has 1 aliphatic rings. The van der Waals surface area contributed by atoms with Gasteiger partial charge in [0.15, 0.2) is 0 Å². The van der Waals surface area contributed by atoms with Crippen molar-refractivity contribution in [2.24, 2.45) is 0 Å². The molecule has 0 amide bonds. The lowest BCUT2D eigenvalue weighted by Crippen LogP contribution is -2.41. The predicted molar refractivity (Wildman–Crippen MR) is 105 cm³/mol. The van der Waals surface area contributed by atoms with Crippen LogP contribution in [0, 0.1) is 5.82 Å². The number of hydrogen-bond donors (Lipinski definition) is 0. The van der Waals surface area contributed by atoms with Gasteiger partial charge in [-0.3, -0.25) is 0 Å². The molecule has 1 saturated heterocycles. The van der Waals surface area contributed by atoms with E-state index in [1.807, 2.05) is 52.0 Å². The molecular formula is C20H23BClFO4. The summed E-state index contributed by atoms with van der Waals surface area (Å²) in [6, 6.07) is 11.6. The summed E-state index contributed by atoms with van der Waals surface area (Å²) in [6.07, 6.45) is 0. The Kier molecular flexibility index (Phi) is 5.70. The van der Waals surface area contributed by atoms with Gasteiger partial charge in [0.05, 0.1) is 16.2 Å². The molecule has 4 nitrogen and oxygen atoms in total. The standard InChI is InChI=1S/C20H23BClFO4/c1-19(2)20(3,4)27-21(26-19)14-6-5-7-16(12-14)24-10-11-25-18-9-8-15(23)13-17(18)22/h5-9,12-13H,10-11H2,1-4H3. The zero-order valence-corrected chi connectivity index (χ0v) is 16.7. The van der Waals surface area contributed by atoms with Gasteiger partial charge in [0.1, 0.15) is 30.5 Å². The van der Waals surface area contributed by atoms with E-state index in [1.165, 1.54) is 18.2 Å². The van der Waals surface area contributed by atoms with E-state index in [0.29, 0.717) is 18.1 Å². The van der Waals surface area contributed by atoms with Crippen LogP contribution in [0.4, 0.5) is 4.39 Å². The SMILES string of the molecule is CC1(C)OB(c2cccc(OCCOc3ccc(F)cc3Cl)c2)OC1(C)C. The molecule has 0 aliphatic carbocycles. The quantitative estimate of drug-likeness (QED) is 0.544. The van der Waals surface area contributed by atoms with Gasteiger partial charge < -0.3 is 18.8 Å². The van der Waals surface area contributed by atoms with Crippen LogP contribution < -0.4 is 14.9 Å². The smallest absolute Gasteiger partial charge is 0.490 e. The van der Waals surface area contributed by atoms with Crippen molar-refractivity contribution in [3.05, 3.63) is 53.3 Å². The van der Waals surface area contributed by atoms with E-state index in [9.17, 15) is 4.39 Å². The average molecular weight is 393 g/mol. The van der Waals surface area contributed by atoms with E-state index in [-0.39, 0.29) is 11.6 Å². The summed E-state index contributed by atoms with van der Waals surface area (Å²) < 4.78 is 36.4. The second kappa shape index (κ2) is 7.70. The molecule has 3 rings (SSSR count). The van der Waals surface area contributed by atoms with Gasteiger partial charge in [0.2, 0.25) is 0 Å². The Labute approximate surface area is 164 Å². The predicted octanol–water partition coefficient (Wildman–Crippen LogP) is 4.24. The van der Waals surface area contributed by atoms with Crippen molar-refractivity contribution in [2.45, 2.75) is 38.9 Å². The molecule has 0 atom stereocenters. The molecule has 1 heterocycles. The fraction of sp³-hybridized carbons (Fsp3) is 0.400. The van der Waals surface area contributed by atoms with Crippen LogP contribution in [-0.4, -0.2) is 31.5 Å². The van der Waals surface area contributed by atoms with Gasteiger partial charge in [0.25, 0.3) is 0 Å². The van der Waals surface area contributed by atoms with Crippen molar-refractivity contribution in [2.75, 3.05) is 13.2 Å². The van der Waals surface area contributed by atoms with E-state index in [2.05, 4.69) is 0 Å².